The van der Waals surface area contributed by atoms with Crippen molar-refractivity contribution in [2.24, 2.45) is 0 Å². The van der Waals surface area contributed by atoms with Crippen LogP contribution in [0.4, 0.5) is 5.69 Å². The molecule has 0 spiro atoms. The van der Waals surface area contributed by atoms with Crippen LogP contribution >= 0.6 is 0 Å². The first-order valence-electron chi connectivity index (χ1n) is 8.91. The second-order valence-electron chi connectivity index (χ2n) is 6.24. The number of esters is 1. The summed E-state index contributed by atoms with van der Waals surface area (Å²) in [6.45, 7) is 3.28. The molecule has 0 radical (unpaired) electrons. The fourth-order valence-electron chi connectivity index (χ4n) is 2.62. The molecule has 1 heterocycles. The summed E-state index contributed by atoms with van der Waals surface area (Å²) in [4.78, 5) is 41.2. The number of imidazole rings is 1. The van der Waals surface area contributed by atoms with Crippen molar-refractivity contribution < 1.29 is 19.1 Å². The number of aromatic nitrogens is 2. The van der Waals surface area contributed by atoms with Crippen molar-refractivity contribution in [2.75, 3.05) is 5.32 Å². The maximum absolute atomic E-state index is 12.4. The van der Waals surface area contributed by atoms with E-state index in [4.69, 9.17) is 9.47 Å². The number of carbonyl (C=O) groups excluding carboxylic acids is 2. The Morgan fingerprint density at radius 1 is 1.07 bits per heavy atom. The van der Waals surface area contributed by atoms with Gasteiger partial charge in [0.05, 0.1) is 11.0 Å². The zero-order valence-corrected chi connectivity index (χ0v) is 15.5. The van der Waals surface area contributed by atoms with Crippen LogP contribution in [0.3, 0.4) is 0 Å². The van der Waals surface area contributed by atoms with E-state index in [1.54, 1.807) is 49.4 Å². The normalized spacial score (nSPS) is 12.9. The summed E-state index contributed by atoms with van der Waals surface area (Å²) >= 11 is 0. The van der Waals surface area contributed by atoms with Crippen molar-refractivity contribution in [1.29, 1.82) is 0 Å². The van der Waals surface area contributed by atoms with Crippen LogP contribution in [0.2, 0.25) is 0 Å². The molecule has 0 bridgehead atoms. The molecule has 3 rings (SSSR count). The Balaban J connectivity index is 1.60. The molecule has 8 nitrogen and oxygen atoms in total. The highest BCUT2D eigenvalue weighted by Crippen LogP contribution is 2.16. The number of fused-ring (bicyclic) bond motifs is 1. The second-order valence-corrected chi connectivity index (χ2v) is 6.24. The number of anilines is 1. The molecule has 0 aliphatic rings. The number of rotatable bonds is 7. The smallest absolute Gasteiger partial charge is 0.348 e. The lowest BCUT2D eigenvalue weighted by Crippen LogP contribution is -2.36. The van der Waals surface area contributed by atoms with Gasteiger partial charge in [0.15, 0.2) is 12.2 Å². The third kappa shape index (κ3) is 4.59. The Bertz CT molecular complexity index is 1030. The minimum absolute atomic E-state index is 0.329. The molecule has 0 fully saturated rings. The quantitative estimate of drug-likeness (QED) is 0.543. The minimum Gasteiger partial charge on any atom is -0.479 e. The van der Waals surface area contributed by atoms with Crippen molar-refractivity contribution in [1.82, 2.24) is 9.97 Å². The summed E-state index contributed by atoms with van der Waals surface area (Å²) in [6.07, 6.45) is -1.42. The monoisotopic (exact) mass is 383 g/mol. The molecule has 0 saturated heterocycles. The van der Waals surface area contributed by atoms with Crippen molar-refractivity contribution in [2.45, 2.75) is 32.5 Å². The van der Waals surface area contributed by atoms with Gasteiger partial charge in [0.2, 0.25) is 0 Å². The van der Waals surface area contributed by atoms with E-state index >= 15 is 0 Å². The van der Waals surface area contributed by atoms with Crippen LogP contribution in [0.1, 0.15) is 20.3 Å². The van der Waals surface area contributed by atoms with Crippen LogP contribution in [0, 0.1) is 0 Å². The van der Waals surface area contributed by atoms with Gasteiger partial charge in [0, 0.05) is 5.69 Å². The molecule has 146 valence electrons. The molecular weight excluding hydrogens is 362 g/mol. The number of aromatic amines is 2. The fraction of sp³-hybridized carbons (Fsp3) is 0.250. The number of ether oxygens (including phenoxy) is 2. The lowest BCUT2D eigenvalue weighted by atomic mass is 10.2. The molecule has 1 aromatic heterocycles. The summed E-state index contributed by atoms with van der Waals surface area (Å²) in [5, 5.41) is 2.66. The highest BCUT2D eigenvalue weighted by atomic mass is 16.6. The lowest BCUT2D eigenvalue weighted by Gasteiger charge is -2.19. The van der Waals surface area contributed by atoms with Crippen LogP contribution in [-0.4, -0.2) is 34.1 Å². The van der Waals surface area contributed by atoms with Gasteiger partial charge in [-0.2, -0.15) is 0 Å². The van der Waals surface area contributed by atoms with E-state index in [-0.39, 0.29) is 5.69 Å². The molecule has 0 saturated carbocycles. The molecule has 1 amide bonds. The number of amides is 1. The van der Waals surface area contributed by atoms with Gasteiger partial charge in [-0.25, -0.2) is 9.59 Å². The third-order valence-corrected chi connectivity index (χ3v) is 4.10. The topological polar surface area (TPSA) is 113 Å². The van der Waals surface area contributed by atoms with E-state index in [2.05, 4.69) is 15.3 Å². The van der Waals surface area contributed by atoms with Crippen molar-refractivity contribution in [3.8, 4) is 5.75 Å². The van der Waals surface area contributed by atoms with Gasteiger partial charge in [0.1, 0.15) is 5.75 Å². The van der Waals surface area contributed by atoms with Crippen molar-refractivity contribution in [3.05, 3.63) is 59.0 Å². The van der Waals surface area contributed by atoms with Gasteiger partial charge in [-0.05, 0) is 43.7 Å². The average molecular weight is 383 g/mol. The van der Waals surface area contributed by atoms with Crippen molar-refractivity contribution in [3.63, 3.8) is 0 Å². The summed E-state index contributed by atoms with van der Waals surface area (Å²) in [5.74, 6) is -0.545. The van der Waals surface area contributed by atoms with E-state index < -0.39 is 24.1 Å². The van der Waals surface area contributed by atoms with Gasteiger partial charge in [-0.1, -0.05) is 25.1 Å². The number of para-hydroxylation sites is 1. The first-order chi connectivity index (χ1) is 13.5. The molecular formula is C20H21N3O5. The molecule has 0 aliphatic heterocycles. The second kappa shape index (κ2) is 8.43. The lowest BCUT2D eigenvalue weighted by molar-refractivity contribution is -0.160. The van der Waals surface area contributed by atoms with E-state index in [1.807, 2.05) is 6.07 Å². The molecule has 3 aromatic rings. The third-order valence-electron chi connectivity index (χ3n) is 4.10. The number of hydrogen-bond acceptors (Lipinski definition) is 5. The van der Waals surface area contributed by atoms with Crippen molar-refractivity contribution >= 4 is 28.6 Å². The Kier molecular flexibility index (Phi) is 5.78. The van der Waals surface area contributed by atoms with Crippen LogP contribution < -0.4 is 15.7 Å². The summed E-state index contributed by atoms with van der Waals surface area (Å²) in [5.41, 5.74) is 1.34. The zero-order valence-electron chi connectivity index (χ0n) is 15.5. The van der Waals surface area contributed by atoms with Crippen LogP contribution in [-0.2, 0) is 14.3 Å². The average Bonchev–Trinajstić information content (AvgIpc) is 3.06. The highest BCUT2D eigenvalue weighted by Gasteiger charge is 2.25. The Morgan fingerprint density at radius 2 is 1.79 bits per heavy atom. The van der Waals surface area contributed by atoms with Gasteiger partial charge >= 0.3 is 11.7 Å². The minimum atomic E-state index is -1.01. The number of benzene rings is 2. The molecule has 3 N–H and O–H groups in total. The van der Waals surface area contributed by atoms with Crippen LogP contribution in [0.15, 0.2) is 53.3 Å². The van der Waals surface area contributed by atoms with Crippen LogP contribution in [0.5, 0.6) is 5.75 Å². The van der Waals surface area contributed by atoms with Gasteiger partial charge in [0.25, 0.3) is 5.91 Å². The molecule has 0 aliphatic carbocycles. The molecule has 28 heavy (non-hydrogen) atoms. The van der Waals surface area contributed by atoms with Gasteiger partial charge < -0.3 is 24.8 Å². The fourth-order valence-corrected chi connectivity index (χ4v) is 2.62. The first-order valence-corrected chi connectivity index (χ1v) is 8.91. The number of H-pyrrole nitrogens is 2. The van der Waals surface area contributed by atoms with E-state index in [1.165, 1.54) is 6.92 Å². The number of hydrogen-bond donors (Lipinski definition) is 3. The molecule has 0 unspecified atom stereocenters. The molecule has 8 heteroatoms. The Hall–Kier alpha value is -3.55. The predicted octanol–water partition coefficient (Wildman–Crippen LogP) is 2.58. The SMILES string of the molecule is CC[C@@H](Oc1ccccc1)C(=O)O[C@@H](C)C(=O)Nc1ccc2[nH]c(=O)[nH]c2c1. The Labute approximate surface area is 160 Å². The zero-order chi connectivity index (χ0) is 20.1. The highest BCUT2D eigenvalue weighted by molar-refractivity contribution is 5.96. The number of nitrogens with one attached hydrogen (secondary N) is 3. The largest absolute Gasteiger partial charge is 0.479 e. The van der Waals surface area contributed by atoms with Gasteiger partial charge in [-0.15, -0.1) is 0 Å². The van der Waals surface area contributed by atoms with E-state index in [0.29, 0.717) is 28.9 Å². The predicted molar refractivity (Wildman–Crippen MR) is 104 cm³/mol. The summed E-state index contributed by atoms with van der Waals surface area (Å²) in [6, 6.07) is 13.9. The van der Waals surface area contributed by atoms with Crippen LogP contribution in [0.25, 0.3) is 11.0 Å². The van der Waals surface area contributed by atoms with E-state index in [9.17, 15) is 14.4 Å². The summed E-state index contributed by atoms with van der Waals surface area (Å²) < 4.78 is 10.9. The standard InChI is InChI=1S/C20H21N3O5/c1-3-17(28-14-7-5-4-6-8-14)19(25)27-12(2)18(24)21-13-9-10-15-16(11-13)23-20(26)22-15/h4-12,17H,3H2,1-2H3,(H,21,24)(H2,22,23,26)/t12-,17+/m0/s1. The van der Waals surface area contributed by atoms with Gasteiger partial charge in [-0.3, -0.25) is 4.79 Å². The number of carbonyl (C=O) groups is 2. The maximum Gasteiger partial charge on any atom is 0.348 e. The Morgan fingerprint density at radius 3 is 2.50 bits per heavy atom. The molecule has 2 atom stereocenters. The maximum atomic E-state index is 12.4. The molecule has 2 aromatic carbocycles. The first kappa shape index (κ1) is 19.2. The van der Waals surface area contributed by atoms with E-state index in [0.717, 1.165) is 0 Å². The summed E-state index contributed by atoms with van der Waals surface area (Å²) in [7, 11) is 0.